The molecule has 0 bridgehead atoms. The van der Waals surface area contributed by atoms with Crippen molar-refractivity contribution >= 4 is 22.7 Å². The van der Waals surface area contributed by atoms with E-state index in [2.05, 4.69) is 49.3 Å². The third kappa shape index (κ3) is 4.53. The molecule has 3 heterocycles. The van der Waals surface area contributed by atoms with E-state index in [0.717, 1.165) is 48.6 Å². The summed E-state index contributed by atoms with van der Waals surface area (Å²) in [6.07, 6.45) is 14.1. The van der Waals surface area contributed by atoms with Crippen molar-refractivity contribution in [3.63, 3.8) is 0 Å². The molecule has 6 nitrogen and oxygen atoms in total. The summed E-state index contributed by atoms with van der Waals surface area (Å²) in [6.45, 7) is 6.49. The van der Waals surface area contributed by atoms with Crippen LogP contribution in [0.25, 0.3) is 10.9 Å². The maximum Gasteiger partial charge on any atom is 0.223 e. The molecule has 0 amide bonds. The Morgan fingerprint density at radius 2 is 1.97 bits per heavy atom. The van der Waals surface area contributed by atoms with E-state index in [1.165, 1.54) is 44.1 Å². The van der Waals surface area contributed by atoms with Crippen LogP contribution in [0.1, 0.15) is 78.1 Å². The summed E-state index contributed by atoms with van der Waals surface area (Å²) in [4.78, 5) is 19.5. The summed E-state index contributed by atoms with van der Waals surface area (Å²) >= 11 is 0. The molecule has 2 fully saturated rings. The van der Waals surface area contributed by atoms with Gasteiger partial charge in [0, 0.05) is 44.6 Å². The maximum atomic E-state index is 5.06. The third-order valence-corrected chi connectivity index (χ3v) is 6.96. The SMILES string of the molecule is CCCC(C)Nc1ncc2c(N3CC[C@H](N(C)C)C3)ncc(C3CCCCC3)c2n1.[HH]. The second-order valence-electron chi connectivity index (χ2n) is 9.51. The van der Waals surface area contributed by atoms with Crippen LogP contribution in [-0.2, 0) is 0 Å². The monoisotopic (exact) mass is 412 g/mol. The molecule has 0 aromatic carbocycles. The predicted molar refractivity (Wildman–Crippen MR) is 128 cm³/mol. The molecule has 1 aliphatic carbocycles. The fourth-order valence-electron chi connectivity index (χ4n) is 5.14. The van der Waals surface area contributed by atoms with Crippen LogP contribution in [-0.4, -0.2) is 59.1 Å². The second kappa shape index (κ2) is 9.46. The molecular weight excluding hydrogens is 372 g/mol. The molecule has 2 aliphatic rings. The van der Waals surface area contributed by atoms with Crippen molar-refractivity contribution in [3.05, 3.63) is 18.0 Å². The van der Waals surface area contributed by atoms with E-state index in [1.54, 1.807) is 0 Å². The lowest BCUT2D eigenvalue weighted by atomic mass is 9.84. The minimum Gasteiger partial charge on any atom is -0.354 e. The number of anilines is 2. The first-order valence-electron chi connectivity index (χ1n) is 11.9. The van der Waals surface area contributed by atoms with Gasteiger partial charge in [-0.3, -0.25) is 0 Å². The molecule has 2 aromatic rings. The van der Waals surface area contributed by atoms with E-state index in [9.17, 15) is 0 Å². The number of hydrogen-bond acceptors (Lipinski definition) is 6. The highest BCUT2D eigenvalue weighted by molar-refractivity contribution is 5.92. The van der Waals surface area contributed by atoms with Gasteiger partial charge in [0.1, 0.15) is 5.82 Å². The molecule has 4 rings (SSSR count). The lowest BCUT2D eigenvalue weighted by Crippen LogP contribution is -2.31. The van der Waals surface area contributed by atoms with Crippen LogP contribution in [0.5, 0.6) is 0 Å². The highest BCUT2D eigenvalue weighted by Gasteiger charge is 2.28. The van der Waals surface area contributed by atoms with E-state index < -0.39 is 0 Å². The van der Waals surface area contributed by atoms with Gasteiger partial charge in [0.25, 0.3) is 0 Å². The first-order chi connectivity index (χ1) is 14.6. The largest absolute Gasteiger partial charge is 0.354 e. The maximum absolute atomic E-state index is 5.06. The third-order valence-electron chi connectivity index (χ3n) is 6.96. The zero-order valence-electron chi connectivity index (χ0n) is 19.2. The lowest BCUT2D eigenvalue weighted by molar-refractivity contribution is 0.315. The molecule has 6 heteroatoms. The van der Waals surface area contributed by atoms with E-state index in [4.69, 9.17) is 15.0 Å². The number of hydrogen-bond donors (Lipinski definition) is 1. The standard InChI is InChI=1S/C24H38N6.H2/c1-5-9-17(2)27-24-26-15-21-22(28-24)20(18-10-7-6-8-11-18)14-25-23(21)30-13-12-19(16-30)29(3)4;/h14-15,17-19H,5-13,16H2,1-4H3,(H,26,27,28);1H/t17?,19-;/m0./s1. The Morgan fingerprint density at radius 1 is 1.17 bits per heavy atom. The Bertz CT molecular complexity index is 851. The zero-order chi connectivity index (χ0) is 21.1. The second-order valence-corrected chi connectivity index (χ2v) is 9.51. The molecular formula is C24H40N6. The molecule has 2 atom stereocenters. The van der Waals surface area contributed by atoms with E-state index >= 15 is 0 Å². The van der Waals surface area contributed by atoms with Crippen molar-refractivity contribution in [1.29, 1.82) is 0 Å². The van der Waals surface area contributed by atoms with Crippen molar-refractivity contribution in [3.8, 4) is 0 Å². The van der Waals surface area contributed by atoms with Crippen LogP contribution in [0.4, 0.5) is 11.8 Å². The van der Waals surface area contributed by atoms with Crippen LogP contribution in [0.3, 0.4) is 0 Å². The summed E-state index contributed by atoms with van der Waals surface area (Å²) in [5.41, 5.74) is 2.44. The Balaban J connectivity index is 0.00000272. The summed E-state index contributed by atoms with van der Waals surface area (Å²) in [5, 5.41) is 4.63. The fourth-order valence-corrected chi connectivity index (χ4v) is 5.14. The lowest BCUT2D eigenvalue weighted by Gasteiger charge is -2.26. The number of aromatic nitrogens is 3. The molecule has 2 aromatic heterocycles. The summed E-state index contributed by atoms with van der Waals surface area (Å²) in [7, 11) is 4.34. The van der Waals surface area contributed by atoms with Gasteiger partial charge in [0.05, 0.1) is 10.9 Å². The number of nitrogens with zero attached hydrogens (tertiary/aromatic N) is 5. The quantitative estimate of drug-likeness (QED) is 0.686. The van der Waals surface area contributed by atoms with E-state index in [1.807, 2.05) is 6.20 Å². The average Bonchev–Trinajstić information content (AvgIpc) is 3.24. The first kappa shape index (κ1) is 21.3. The molecule has 1 N–H and O–H groups in total. The first-order valence-corrected chi connectivity index (χ1v) is 11.9. The molecule has 0 radical (unpaired) electrons. The van der Waals surface area contributed by atoms with Crippen molar-refractivity contribution in [2.45, 2.75) is 83.2 Å². The Morgan fingerprint density at radius 3 is 2.67 bits per heavy atom. The number of fused-ring (bicyclic) bond motifs is 1. The Hall–Kier alpha value is -1.95. The van der Waals surface area contributed by atoms with Crippen molar-refractivity contribution in [1.82, 2.24) is 19.9 Å². The van der Waals surface area contributed by atoms with Gasteiger partial charge in [0.2, 0.25) is 5.95 Å². The minimum absolute atomic E-state index is 0. The fraction of sp³-hybridized carbons (Fsp3) is 0.708. The van der Waals surface area contributed by atoms with Crippen LogP contribution >= 0.6 is 0 Å². The van der Waals surface area contributed by atoms with Gasteiger partial charge in [-0.2, -0.15) is 0 Å². The minimum atomic E-state index is 0. The number of pyridine rings is 1. The van der Waals surface area contributed by atoms with E-state index in [0.29, 0.717) is 18.0 Å². The average molecular weight is 413 g/mol. The Labute approximate surface area is 183 Å². The summed E-state index contributed by atoms with van der Waals surface area (Å²) in [6, 6.07) is 0.961. The van der Waals surface area contributed by atoms with Crippen molar-refractivity contribution < 1.29 is 1.43 Å². The predicted octanol–water partition coefficient (Wildman–Crippen LogP) is 5.06. The molecule has 30 heavy (non-hydrogen) atoms. The van der Waals surface area contributed by atoms with Gasteiger partial charge in [-0.05, 0) is 52.6 Å². The van der Waals surface area contributed by atoms with Gasteiger partial charge in [-0.1, -0.05) is 32.6 Å². The van der Waals surface area contributed by atoms with Crippen LogP contribution in [0, 0.1) is 0 Å². The zero-order valence-corrected chi connectivity index (χ0v) is 19.2. The molecule has 1 aliphatic heterocycles. The van der Waals surface area contributed by atoms with E-state index in [-0.39, 0.29) is 1.43 Å². The van der Waals surface area contributed by atoms with Crippen molar-refractivity contribution in [2.75, 3.05) is 37.4 Å². The van der Waals surface area contributed by atoms with Crippen LogP contribution in [0.15, 0.2) is 12.4 Å². The topological polar surface area (TPSA) is 57.2 Å². The molecule has 1 saturated carbocycles. The normalized spacial score (nSPS) is 21.5. The number of rotatable bonds is 7. The molecule has 1 unspecified atom stereocenters. The summed E-state index contributed by atoms with van der Waals surface area (Å²) in [5.74, 6) is 2.39. The highest BCUT2D eigenvalue weighted by Crippen LogP contribution is 2.38. The molecule has 166 valence electrons. The van der Waals surface area contributed by atoms with Crippen LogP contribution < -0.4 is 10.2 Å². The highest BCUT2D eigenvalue weighted by atomic mass is 15.3. The summed E-state index contributed by atoms with van der Waals surface area (Å²) < 4.78 is 0. The van der Waals surface area contributed by atoms with Gasteiger partial charge >= 0.3 is 0 Å². The van der Waals surface area contributed by atoms with Crippen LogP contribution in [0.2, 0.25) is 0 Å². The van der Waals surface area contributed by atoms with Gasteiger partial charge in [0.15, 0.2) is 0 Å². The molecule has 0 spiro atoms. The van der Waals surface area contributed by atoms with Gasteiger partial charge in [-0.15, -0.1) is 0 Å². The smallest absolute Gasteiger partial charge is 0.223 e. The van der Waals surface area contributed by atoms with Gasteiger partial charge in [-0.25, -0.2) is 15.0 Å². The van der Waals surface area contributed by atoms with Gasteiger partial charge < -0.3 is 15.1 Å². The van der Waals surface area contributed by atoms with Crippen molar-refractivity contribution in [2.24, 2.45) is 0 Å². The Kier molecular flexibility index (Phi) is 6.71. The number of likely N-dealkylation sites (N-methyl/N-ethyl adjacent to an activating group) is 1. The number of nitrogens with one attached hydrogen (secondary N) is 1. The molecule has 1 saturated heterocycles.